The second kappa shape index (κ2) is 6.95. The van der Waals surface area contributed by atoms with Crippen molar-refractivity contribution in [2.75, 3.05) is 0 Å². The number of thiophene rings is 1. The van der Waals surface area contributed by atoms with E-state index in [4.69, 9.17) is 23.2 Å². The normalized spacial score (nSPS) is 14.2. The minimum atomic E-state index is 0.178. The van der Waals surface area contributed by atoms with Gasteiger partial charge in [0.05, 0.1) is 0 Å². The molecule has 0 aliphatic carbocycles. The lowest BCUT2D eigenvalue weighted by molar-refractivity contribution is 0.479. The van der Waals surface area contributed by atoms with Crippen LogP contribution in [0.3, 0.4) is 0 Å². The Hall–Kier alpha value is -0.540. The van der Waals surface area contributed by atoms with Crippen LogP contribution in [0.5, 0.6) is 0 Å². The van der Waals surface area contributed by atoms with Crippen molar-refractivity contribution in [2.24, 2.45) is 0 Å². The van der Waals surface area contributed by atoms with E-state index in [0.29, 0.717) is 6.04 Å². The highest BCUT2D eigenvalue weighted by Crippen LogP contribution is 2.27. The highest BCUT2D eigenvalue weighted by atomic mass is 35.5. The molecule has 0 bridgehead atoms. The second-order valence-electron chi connectivity index (χ2n) is 5.17. The number of aryl methyl sites for hydroxylation is 1. The Kier molecular flexibility index (Phi) is 5.50. The zero-order valence-electron chi connectivity index (χ0n) is 11.9. The first-order valence-corrected chi connectivity index (χ1v) is 8.29. The number of hydrogen-bond acceptors (Lipinski definition) is 2. The molecule has 108 valence electrons. The average Bonchev–Trinajstić information content (AvgIpc) is 2.77. The van der Waals surface area contributed by atoms with Crippen LogP contribution in [0.25, 0.3) is 0 Å². The number of hydrogen-bond donors (Lipinski definition) is 1. The molecule has 4 heteroatoms. The van der Waals surface area contributed by atoms with Gasteiger partial charge < -0.3 is 5.32 Å². The van der Waals surface area contributed by atoms with Crippen molar-refractivity contribution in [3.05, 3.63) is 55.7 Å². The topological polar surface area (TPSA) is 12.0 Å². The standard InChI is InChI=1S/C16H19Cl2NS/c1-10(8-14-6-4-11(2)20-14)19-12(3)15-9-13(17)5-7-16(15)18/h4-7,9-10,12,19H,8H2,1-3H3. The van der Waals surface area contributed by atoms with Crippen molar-refractivity contribution in [3.8, 4) is 0 Å². The van der Waals surface area contributed by atoms with Gasteiger partial charge in [-0.1, -0.05) is 23.2 Å². The predicted octanol–water partition coefficient (Wildman–Crippen LogP) is 5.65. The van der Waals surface area contributed by atoms with E-state index in [1.807, 2.05) is 29.5 Å². The van der Waals surface area contributed by atoms with E-state index < -0.39 is 0 Å². The first-order valence-electron chi connectivity index (χ1n) is 6.72. The molecule has 20 heavy (non-hydrogen) atoms. The van der Waals surface area contributed by atoms with Crippen molar-refractivity contribution in [2.45, 2.75) is 39.3 Å². The summed E-state index contributed by atoms with van der Waals surface area (Å²) in [6, 6.07) is 10.5. The molecule has 1 N–H and O–H groups in total. The molecule has 2 rings (SSSR count). The molecule has 2 atom stereocenters. The van der Waals surface area contributed by atoms with E-state index in [-0.39, 0.29) is 6.04 Å². The van der Waals surface area contributed by atoms with Crippen LogP contribution in [-0.2, 0) is 6.42 Å². The van der Waals surface area contributed by atoms with E-state index in [2.05, 4.69) is 38.2 Å². The summed E-state index contributed by atoms with van der Waals surface area (Å²) in [7, 11) is 0. The van der Waals surface area contributed by atoms with Crippen LogP contribution in [-0.4, -0.2) is 6.04 Å². The summed E-state index contributed by atoms with van der Waals surface area (Å²) < 4.78 is 0. The van der Waals surface area contributed by atoms with Gasteiger partial charge in [0, 0.05) is 31.9 Å². The maximum absolute atomic E-state index is 6.24. The molecule has 1 aromatic carbocycles. The van der Waals surface area contributed by atoms with Crippen molar-refractivity contribution in [1.82, 2.24) is 5.32 Å². The van der Waals surface area contributed by atoms with E-state index in [1.54, 1.807) is 0 Å². The minimum Gasteiger partial charge on any atom is -0.307 e. The Balaban J connectivity index is 1.99. The summed E-state index contributed by atoms with van der Waals surface area (Å²) in [5.41, 5.74) is 1.05. The number of halogens is 2. The highest BCUT2D eigenvalue weighted by molar-refractivity contribution is 7.11. The third-order valence-corrected chi connectivity index (χ3v) is 4.86. The van der Waals surface area contributed by atoms with Gasteiger partial charge >= 0.3 is 0 Å². The van der Waals surface area contributed by atoms with Crippen molar-refractivity contribution in [3.63, 3.8) is 0 Å². The average molecular weight is 328 g/mol. The maximum Gasteiger partial charge on any atom is 0.0454 e. The summed E-state index contributed by atoms with van der Waals surface area (Å²) in [5.74, 6) is 0. The molecular weight excluding hydrogens is 309 g/mol. The van der Waals surface area contributed by atoms with Gasteiger partial charge in [0.15, 0.2) is 0 Å². The third kappa shape index (κ3) is 4.23. The number of rotatable bonds is 5. The van der Waals surface area contributed by atoms with Gasteiger partial charge in [0.25, 0.3) is 0 Å². The molecule has 0 aliphatic rings. The SMILES string of the molecule is Cc1ccc(CC(C)NC(C)c2cc(Cl)ccc2Cl)s1. The summed E-state index contributed by atoms with van der Waals surface area (Å²) in [4.78, 5) is 2.77. The number of nitrogens with one attached hydrogen (secondary N) is 1. The molecule has 1 aromatic heterocycles. The van der Waals surface area contributed by atoms with Gasteiger partial charge in [-0.25, -0.2) is 0 Å². The first-order chi connectivity index (χ1) is 9.45. The fourth-order valence-corrected chi connectivity index (χ4v) is 3.80. The second-order valence-corrected chi connectivity index (χ2v) is 7.39. The van der Waals surface area contributed by atoms with Gasteiger partial charge in [-0.05, 0) is 63.1 Å². The quantitative estimate of drug-likeness (QED) is 0.748. The van der Waals surface area contributed by atoms with E-state index >= 15 is 0 Å². The van der Waals surface area contributed by atoms with Gasteiger partial charge in [-0.3, -0.25) is 0 Å². The van der Waals surface area contributed by atoms with Gasteiger partial charge in [-0.15, -0.1) is 11.3 Å². The molecule has 2 unspecified atom stereocenters. The lowest BCUT2D eigenvalue weighted by Crippen LogP contribution is -2.30. The first kappa shape index (κ1) is 15.8. The van der Waals surface area contributed by atoms with Crippen LogP contribution >= 0.6 is 34.5 Å². The molecule has 2 aromatic rings. The fourth-order valence-electron chi connectivity index (χ4n) is 2.32. The molecule has 0 saturated carbocycles. The van der Waals surface area contributed by atoms with Crippen molar-refractivity contribution in [1.29, 1.82) is 0 Å². The molecule has 1 nitrogen and oxygen atoms in total. The van der Waals surface area contributed by atoms with Crippen LogP contribution in [0, 0.1) is 6.92 Å². The number of benzene rings is 1. The van der Waals surface area contributed by atoms with Crippen LogP contribution in [0.4, 0.5) is 0 Å². The Morgan fingerprint density at radius 2 is 1.90 bits per heavy atom. The largest absolute Gasteiger partial charge is 0.307 e. The Morgan fingerprint density at radius 3 is 2.55 bits per heavy atom. The summed E-state index contributed by atoms with van der Waals surface area (Å²) in [6.45, 7) is 6.46. The zero-order valence-corrected chi connectivity index (χ0v) is 14.2. The highest BCUT2D eigenvalue weighted by Gasteiger charge is 2.14. The zero-order chi connectivity index (χ0) is 14.7. The molecule has 0 aliphatic heterocycles. The van der Waals surface area contributed by atoms with Gasteiger partial charge in [0.2, 0.25) is 0 Å². The molecular formula is C16H19Cl2NS. The van der Waals surface area contributed by atoms with Crippen LogP contribution < -0.4 is 5.32 Å². The molecule has 0 radical (unpaired) electrons. The van der Waals surface area contributed by atoms with Crippen molar-refractivity contribution < 1.29 is 0 Å². The minimum absolute atomic E-state index is 0.178. The van der Waals surface area contributed by atoms with Crippen LogP contribution in [0.2, 0.25) is 10.0 Å². The van der Waals surface area contributed by atoms with Crippen LogP contribution in [0.15, 0.2) is 30.3 Å². The Bertz CT molecular complexity index is 580. The van der Waals surface area contributed by atoms with Crippen molar-refractivity contribution >= 4 is 34.5 Å². The third-order valence-electron chi connectivity index (χ3n) is 3.26. The Labute approximate surface area is 134 Å². The van der Waals surface area contributed by atoms with E-state index in [0.717, 1.165) is 22.0 Å². The molecule has 1 heterocycles. The maximum atomic E-state index is 6.24. The molecule has 0 spiro atoms. The van der Waals surface area contributed by atoms with Gasteiger partial charge in [0.1, 0.15) is 0 Å². The molecule has 0 amide bonds. The van der Waals surface area contributed by atoms with Gasteiger partial charge in [-0.2, -0.15) is 0 Å². The summed E-state index contributed by atoms with van der Waals surface area (Å²) in [5, 5.41) is 5.07. The lowest BCUT2D eigenvalue weighted by atomic mass is 10.1. The summed E-state index contributed by atoms with van der Waals surface area (Å²) in [6.07, 6.45) is 1.03. The van der Waals surface area contributed by atoms with Crippen LogP contribution in [0.1, 0.15) is 35.2 Å². The summed E-state index contributed by atoms with van der Waals surface area (Å²) >= 11 is 14.1. The predicted molar refractivity (Wildman–Crippen MR) is 90.2 cm³/mol. The Morgan fingerprint density at radius 1 is 1.15 bits per heavy atom. The monoisotopic (exact) mass is 327 g/mol. The molecule has 0 saturated heterocycles. The lowest BCUT2D eigenvalue weighted by Gasteiger charge is -2.21. The van der Waals surface area contributed by atoms with E-state index in [1.165, 1.54) is 9.75 Å². The van der Waals surface area contributed by atoms with E-state index in [9.17, 15) is 0 Å². The fraction of sp³-hybridized carbons (Fsp3) is 0.375. The molecule has 0 fully saturated rings. The smallest absolute Gasteiger partial charge is 0.0454 e.